The SMILES string of the molecule is Oc1cc2c(cc1O)C(COc1ccccc1O)NCC2. The summed E-state index contributed by atoms with van der Waals surface area (Å²) in [4.78, 5) is 0. The molecule has 0 saturated carbocycles. The third kappa shape index (κ3) is 2.73. The van der Waals surface area contributed by atoms with Gasteiger partial charge in [0, 0.05) is 0 Å². The molecule has 1 aliphatic heterocycles. The van der Waals surface area contributed by atoms with Crippen LogP contribution in [0.4, 0.5) is 0 Å². The van der Waals surface area contributed by atoms with E-state index in [2.05, 4.69) is 5.32 Å². The lowest BCUT2D eigenvalue weighted by Gasteiger charge is -2.27. The average Bonchev–Trinajstić information content (AvgIpc) is 2.48. The topological polar surface area (TPSA) is 82.0 Å². The number of hydrogen-bond acceptors (Lipinski definition) is 5. The number of ether oxygens (including phenoxy) is 1. The van der Waals surface area contributed by atoms with E-state index >= 15 is 0 Å². The maximum Gasteiger partial charge on any atom is 0.161 e. The highest BCUT2D eigenvalue weighted by atomic mass is 16.5. The van der Waals surface area contributed by atoms with Crippen LogP contribution in [0.15, 0.2) is 36.4 Å². The molecule has 4 N–H and O–H groups in total. The lowest BCUT2D eigenvalue weighted by molar-refractivity contribution is 0.251. The second-order valence-corrected chi connectivity index (χ2v) is 5.08. The molecule has 1 heterocycles. The van der Waals surface area contributed by atoms with Gasteiger partial charge in [0.2, 0.25) is 0 Å². The number of rotatable bonds is 3. The zero-order valence-corrected chi connectivity index (χ0v) is 11.4. The van der Waals surface area contributed by atoms with Gasteiger partial charge in [0.05, 0.1) is 6.04 Å². The molecule has 2 aromatic carbocycles. The van der Waals surface area contributed by atoms with Crippen LogP contribution in [0.3, 0.4) is 0 Å². The van der Waals surface area contributed by atoms with E-state index in [0.717, 1.165) is 24.1 Å². The van der Waals surface area contributed by atoms with E-state index in [1.807, 2.05) is 0 Å². The number of para-hydroxylation sites is 2. The Hall–Kier alpha value is -2.40. The molecule has 0 saturated heterocycles. The third-order valence-corrected chi connectivity index (χ3v) is 3.67. The van der Waals surface area contributed by atoms with Crippen molar-refractivity contribution in [3.05, 3.63) is 47.5 Å². The van der Waals surface area contributed by atoms with Crippen molar-refractivity contribution in [3.8, 4) is 23.0 Å². The van der Waals surface area contributed by atoms with E-state index < -0.39 is 0 Å². The molecule has 21 heavy (non-hydrogen) atoms. The van der Waals surface area contributed by atoms with Crippen LogP contribution >= 0.6 is 0 Å². The first kappa shape index (κ1) is 13.6. The third-order valence-electron chi connectivity index (χ3n) is 3.67. The lowest BCUT2D eigenvalue weighted by Crippen LogP contribution is -2.33. The molecule has 1 unspecified atom stereocenters. The van der Waals surface area contributed by atoms with Gasteiger partial charge in [-0.2, -0.15) is 0 Å². The van der Waals surface area contributed by atoms with Crippen molar-refractivity contribution < 1.29 is 20.1 Å². The van der Waals surface area contributed by atoms with Gasteiger partial charge in [0.15, 0.2) is 23.0 Å². The number of aromatic hydroxyl groups is 3. The van der Waals surface area contributed by atoms with E-state index in [-0.39, 0.29) is 23.3 Å². The van der Waals surface area contributed by atoms with E-state index in [0.29, 0.717) is 12.4 Å². The molecule has 1 aliphatic rings. The molecule has 0 radical (unpaired) electrons. The molecule has 110 valence electrons. The van der Waals surface area contributed by atoms with E-state index in [1.54, 1.807) is 36.4 Å². The van der Waals surface area contributed by atoms with Crippen LogP contribution in [0.2, 0.25) is 0 Å². The van der Waals surface area contributed by atoms with E-state index in [9.17, 15) is 15.3 Å². The number of phenolic OH excluding ortho intramolecular Hbond substituents is 3. The van der Waals surface area contributed by atoms with Crippen LogP contribution in [0.25, 0.3) is 0 Å². The Morgan fingerprint density at radius 3 is 2.62 bits per heavy atom. The first-order valence-electron chi connectivity index (χ1n) is 6.84. The van der Waals surface area contributed by atoms with Crippen molar-refractivity contribution in [1.29, 1.82) is 0 Å². The molecule has 0 aliphatic carbocycles. The molecule has 0 fully saturated rings. The summed E-state index contributed by atoms with van der Waals surface area (Å²) in [5, 5.41) is 32.2. The van der Waals surface area contributed by atoms with Gasteiger partial charge in [-0.15, -0.1) is 0 Å². The molecular formula is C16H17NO4. The maximum absolute atomic E-state index is 9.70. The molecule has 5 heteroatoms. The van der Waals surface area contributed by atoms with Crippen molar-refractivity contribution in [3.63, 3.8) is 0 Å². The molecular weight excluding hydrogens is 270 g/mol. The summed E-state index contributed by atoms with van der Waals surface area (Å²) in [6, 6.07) is 9.86. The Kier molecular flexibility index (Phi) is 3.58. The minimum atomic E-state index is -0.134. The summed E-state index contributed by atoms with van der Waals surface area (Å²) in [6.45, 7) is 1.10. The minimum absolute atomic E-state index is 0.0974. The fraction of sp³-hybridized carbons (Fsp3) is 0.250. The van der Waals surface area contributed by atoms with Gasteiger partial charge < -0.3 is 25.4 Å². The van der Waals surface area contributed by atoms with Gasteiger partial charge in [0.1, 0.15) is 6.61 Å². The Balaban J connectivity index is 1.79. The van der Waals surface area contributed by atoms with E-state index in [4.69, 9.17) is 4.74 Å². The highest BCUT2D eigenvalue weighted by Gasteiger charge is 2.22. The summed E-state index contributed by atoms with van der Waals surface area (Å²) in [5.74, 6) is 0.289. The number of benzene rings is 2. The van der Waals surface area contributed by atoms with Crippen molar-refractivity contribution in [2.75, 3.05) is 13.2 Å². The van der Waals surface area contributed by atoms with Gasteiger partial charge in [-0.25, -0.2) is 0 Å². The average molecular weight is 287 g/mol. The molecule has 0 bridgehead atoms. The molecule has 0 spiro atoms. The first-order chi connectivity index (χ1) is 10.1. The van der Waals surface area contributed by atoms with Crippen molar-refractivity contribution in [2.24, 2.45) is 0 Å². The summed E-state index contributed by atoms with van der Waals surface area (Å²) in [5.41, 5.74) is 1.90. The maximum atomic E-state index is 9.70. The molecule has 2 aromatic rings. The molecule has 0 amide bonds. The monoisotopic (exact) mass is 287 g/mol. The van der Waals surface area contributed by atoms with Crippen LogP contribution in [0.5, 0.6) is 23.0 Å². The highest BCUT2D eigenvalue weighted by molar-refractivity contribution is 5.48. The summed E-state index contributed by atoms with van der Waals surface area (Å²) in [7, 11) is 0. The zero-order chi connectivity index (χ0) is 14.8. The molecule has 5 nitrogen and oxygen atoms in total. The van der Waals surface area contributed by atoms with Gasteiger partial charge in [-0.1, -0.05) is 12.1 Å². The zero-order valence-electron chi connectivity index (χ0n) is 11.4. The highest BCUT2D eigenvalue weighted by Crippen LogP contribution is 2.34. The van der Waals surface area contributed by atoms with Crippen LogP contribution in [0, 0.1) is 0 Å². The van der Waals surface area contributed by atoms with Gasteiger partial charge in [-0.3, -0.25) is 0 Å². The van der Waals surface area contributed by atoms with Gasteiger partial charge in [0.25, 0.3) is 0 Å². The normalized spacial score (nSPS) is 17.2. The van der Waals surface area contributed by atoms with Crippen LogP contribution in [0.1, 0.15) is 17.2 Å². The van der Waals surface area contributed by atoms with Gasteiger partial charge >= 0.3 is 0 Å². The molecule has 3 rings (SSSR count). The largest absolute Gasteiger partial charge is 0.504 e. The second-order valence-electron chi connectivity index (χ2n) is 5.08. The standard InChI is InChI=1S/C16H17NO4/c18-13-3-1-2-4-16(13)21-9-12-11-8-15(20)14(19)7-10(11)5-6-17-12/h1-4,7-8,12,17-20H,5-6,9H2. The Bertz CT molecular complexity index is 657. The summed E-state index contributed by atoms with van der Waals surface area (Å²) >= 11 is 0. The lowest BCUT2D eigenvalue weighted by atomic mass is 9.94. The van der Waals surface area contributed by atoms with E-state index in [1.165, 1.54) is 0 Å². The van der Waals surface area contributed by atoms with Gasteiger partial charge in [-0.05, 0) is 48.4 Å². The van der Waals surface area contributed by atoms with Crippen LogP contribution in [-0.4, -0.2) is 28.5 Å². The Labute approximate surface area is 122 Å². The van der Waals surface area contributed by atoms with Crippen molar-refractivity contribution in [1.82, 2.24) is 5.32 Å². The molecule has 0 aromatic heterocycles. The Morgan fingerprint density at radius 1 is 1.05 bits per heavy atom. The minimum Gasteiger partial charge on any atom is -0.504 e. The van der Waals surface area contributed by atoms with Crippen LogP contribution < -0.4 is 10.1 Å². The van der Waals surface area contributed by atoms with Crippen molar-refractivity contribution >= 4 is 0 Å². The predicted octanol–water partition coefficient (Wildman–Crippen LogP) is 2.07. The Morgan fingerprint density at radius 2 is 1.81 bits per heavy atom. The quantitative estimate of drug-likeness (QED) is 0.650. The summed E-state index contributed by atoms with van der Waals surface area (Å²) < 4.78 is 5.65. The number of nitrogens with one attached hydrogen (secondary N) is 1. The second kappa shape index (κ2) is 5.54. The first-order valence-corrected chi connectivity index (χ1v) is 6.84. The summed E-state index contributed by atoms with van der Waals surface area (Å²) in [6.07, 6.45) is 0.788. The smallest absolute Gasteiger partial charge is 0.161 e. The fourth-order valence-electron chi connectivity index (χ4n) is 2.57. The molecule has 1 atom stereocenters. The van der Waals surface area contributed by atoms with Crippen LogP contribution in [-0.2, 0) is 6.42 Å². The van der Waals surface area contributed by atoms with Crippen molar-refractivity contribution in [2.45, 2.75) is 12.5 Å². The number of phenols is 3. The fourth-order valence-corrected chi connectivity index (χ4v) is 2.57. The predicted molar refractivity (Wildman–Crippen MR) is 77.8 cm³/mol. The number of hydrogen-bond donors (Lipinski definition) is 4. The number of fused-ring (bicyclic) bond motifs is 1.